The highest BCUT2D eigenvalue weighted by Gasteiger charge is 2.17. The Balaban J connectivity index is 1.88. The van der Waals surface area contributed by atoms with Gasteiger partial charge in [-0.1, -0.05) is 23.2 Å². The van der Waals surface area contributed by atoms with E-state index in [4.69, 9.17) is 27.9 Å². The predicted molar refractivity (Wildman–Crippen MR) is 88.9 cm³/mol. The molecular weight excluding hydrogens is 325 g/mol. The number of hydrazone groups is 1. The van der Waals surface area contributed by atoms with E-state index in [9.17, 15) is 4.79 Å². The second-order valence-corrected chi connectivity index (χ2v) is 6.14. The lowest BCUT2D eigenvalue weighted by molar-refractivity contribution is -0.127. The van der Waals surface area contributed by atoms with Crippen molar-refractivity contribution in [1.29, 1.82) is 0 Å². The maximum Gasteiger partial charge on any atom is 0.280 e. The first-order valence-electron chi connectivity index (χ1n) is 7.11. The monoisotopic (exact) mass is 343 g/mol. The fourth-order valence-electron chi connectivity index (χ4n) is 2.03. The Hall–Kier alpha value is -1.30. The standard InChI is InChI=1S/C15H19Cl2N3O2/c1-10(22-14-4-3-11(16)9-13(14)17)15(21)19-18-12-5-7-20(2)8-6-12/h3-4,9-10H,5-8H2,1-2H3,(H,19,21)/t10-/m1/s1. The molecule has 1 fully saturated rings. The summed E-state index contributed by atoms with van der Waals surface area (Å²) in [6.07, 6.45) is 1.04. The number of piperidine rings is 1. The molecule has 1 aliphatic rings. The number of amides is 1. The second kappa shape index (κ2) is 7.81. The van der Waals surface area contributed by atoms with Crippen molar-refractivity contribution in [3.63, 3.8) is 0 Å². The van der Waals surface area contributed by atoms with Gasteiger partial charge in [0.15, 0.2) is 6.10 Å². The maximum atomic E-state index is 12.0. The van der Waals surface area contributed by atoms with E-state index < -0.39 is 6.10 Å². The van der Waals surface area contributed by atoms with E-state index in [1.807, 2.05) is 0 Å². The van der Waals surface area contributed by atoms with Crippen molar-refractivity contribution in [2.24, 2.45) is 5.10 Å². The Bertz CT molecular complexity index is 568. The minimum Gasteiger partial charge on any atom is -0.479 e. The summed E-state index contributed by atoms with van der Waals surface area (Å²) >= 11 is 11.8. The Morgan fingerprint density at radius 1 is 1.36 bits per heavy atom. The molecular formula is C15H19Cl2N3O2. The van der Waals surface area contributed by atoms with Crippen LogP contribution in [0.15, 0.2) is 23.3 Å². The zero-order valence-corrected chi connectivity index (χ0v) is 14.1. The van der Waals surface area contributed by atoms with Crippen molar-refractivity contribution < 1.29 is 9.53 Å². The van der Waals surface area contributed by atoms with Crippen LogP contribution in [0.3, 0.4) is 0 Å². The van der Waals surface area contributed by atoms with Crippen molar-refractivity contribution in [2.45, 2.75) is 25.9 Å². The van der Waals surface area contributed by atoms with Crippen LogP contribution in [0.2, 0.25) is 10.0 Å². The summed E-state index contributed by atoms with van der Waals surface area (Å²) in [6, 6.07) is 4.87. The normalized spacial score (nSPS) is 17.0. The molecule has 0 aliphatic carbocycles. The average molecular weight is 344 g/mol. The molecule has 1 saturated heterocycles. The number of nitrogens with zero attached hydrogens (tertiary/aromatic N) is 2. The summed E-state index contributed by atoms with van der Waals surface area (Å²) in [5.41, 5.74) is 3.56. The third-order valence-corrected chi connectivity index (χ3v) is 3.99. The van der Waals surface area contributed by atoms with Crippen LogP contribution in [0.5, 0.6) is 5.75 Å². The molecule has 1 amide bonds. The number of carbonyl (C=O) groups excluding carboxylic acids is 1. The van der Waals surface area contributed by atoms with E-state index in [0.717, 1.165) is 31.6 Å². The Kier molecular flexibility index (Phi) is 6.06. The molecule has 22 heavy (non-hydrogen) atoms. The van der Waals surface area contributed by atoms with Crippen molar-refractivity contribution in [1.82, 2.24) is 10.3 Å². The van der Waals surface area contributed by atoms with E-state index in [2.05, 4.69) is 22.5 Å². The minimum atomic E-state index is -0.700. The summed E-state index contributed by atoms with van der Waals surface area (Å²) in [5.74, 6) is 0.109. The highest BCUT2D eigenvalue weighted by atomic mass is 35.5. The Morgan fingerprint density at radius 2 is 2.05 bits per heavy atom. The first-order valence-corrected chi connectivity index (χ1v) is 7.87. The number of hydrogen-bond acceptors (Lipinski definition) is 4. The Labute approximate surface area is 140 Å². The van der Waals surface area contributed by atoms with Gasteiger partial charge in [-0.05, 0) is 32.2 Å². The summed E-state index contributed by atoms with van der Waals surface area (Å²) in [5, 5.41) is 5.06. The number of carbonyl (C=O) groups is 1. The van der Waals surface area contributed by atoms with Gasteiger partial charge in [0.1, 0.15) is 5.75 Å². The van der Waals surface area contributed by atoms with Crippen LogP contribution in [0.1, 0.15) is 19.8 Å². The first-order chi connectivity index (χ1) is 10.5. The van der Waals surface area contributed by atoms with Crippen LogP contribution in [0.25, 0.3) is 0 Å². The van der Waals surface area contributed by atoms with Gasteiger partial charge in [-0.3, -0.25) is 4.79 Å². The number of likely N-dealkylation sites (tertiary alicyclic amines) is 1. The zero-order chi connectivity index (χ0) is 16.1. The molecule has 7 heteroatoms. The molecule has 0 spiro atoms. The molecule has 0 bridgehead atoms. The van der Waals surface area contributed by atoms with E-state index in [1.54, 1.807) is 25.1 Å². The summed E-state index contributed by atoms with van der Waals surface area (Å²) < 4.78 is 5.54. The van der Waals surface area contributed by atoms with Crippen LogP contribution < -0.4 is 10.2 Å². The molecule has 120 valence electrons. The average Bonchev–Trinajstić information content (AvgIpc) is 2.49. The van der Waals surface area contributed by atoms with Crippen LogP contribution in [-0.4, -0.2) is 42.8 Å². The molecule has 0 aromatic heterocycles. The predicted octanol–water partition coefficient (Wildman–Crippen LogP) is 2.96. The third-order valence-electron chi connectivity index (χ3n) is 3.46. The lowest BCUT2D eigenvalue weighted by atomic mass is 10.1. The zero-order valence-electron chi connectivity index (χ0n) is 12.6. The number of rotatable bonds is 4. The van der Waals surface area contributed by atoms with Crippen LogP contribution in [0.4, 0.5) is 0 Å². The van der Waals surface area contributed by atoms with Gasteiger partial charge in [0.25, 0.3) is 5.91 Å². The first kappa shape index (κ1) is 17.1. The van der Waals surface area contributed by atoms with Crippen molar-refractivity contribution in [2.75, 3.05) is 20.1 Å². The summed E-state index contributed by atoms with van der Waals surface area (Å²) in [4.78, 5) is 14.2. The van der Waals surface area contributed by atoms with Crippen molar-refractivity contribution >= 4 is 34.8 Å². The number of halogens is 2. The molecule has 1 N–H and O–H groups in total. The number of hydrogen-bond donors (Lipinski definition) is 1. The van der Waals surface area contributed by atoms with Crippen LogP contribution in [-0.2, 0) is 4.79 Å². The topological polar surface area (TPSA) is 53.9 Å². The van der Waals surface area contributed by atoms with E-state index in [-0.39, 0.29) is 5.91 Å². The van der Waals surface area contributed by atoms with Gasteiger partial charge in [-0.15, -0.1) is 0 Å². The van der Waals surface area contributed by atoms with E-state index >= 15 is 0 Å². The highest BCUT2D eigenvalue weighted by Crippen LogP contribution is 2.28. The lowest BCUT2D eigenvalue weighted by Crippen LogP contribution is -2.36. The highest BCUT2D eigenvalue weighted by molar-refractivity contribution is 6.35. The summed E-state index contributed by atoms with van der Waals surface area (Å²) in [6.45, 7) is 3.57. The molecule has 2 rings (SSSR count). The minimum absolute atomic E-state index is 0.308. The number of nitrogens with one attached hydrogen (secondary N) is 1. The molecule has 1 aliphatic heterocycles. The molecule has 1 heterocycles. The van der Waals surface area contributed by atoms with Gasteiger partial charge in [0.05, 0.1) is 5.02 Å². The molecule has 5 nitrogen and oxygen atoms in total. The number of ether oxygens (including phenoxy) is 1. The lowest BCUT2D eigenvalue weighted by Gasteiger charge is -2.23. The molecule has 0 saturated carbocycles. The van der Waals surface area contributed by atoms with Crippen molar-refractivity contribution in [3.05, 3.63) is 28.2 Å². The largest absolute Gasteiger partial charge is 0.479 e. The smallest absolute Gasteiger partial charge is 0.280 e. The molecule has 0 radical (unpaired) electrons. The van der Waals surface area contributed by atoms with Gasteiger partial charge in [-0.2, -0.15) is 5.10 Å². The van der Waals surface area contributed by atoms with Crippen molar-refractivity contribution in [3.8, 4) is 5.75 Å². The van der Waals surface area contributed by atoms with Gasteiger partial charge in [0.2, 0.25) is 0 Å². The van der Waals surface area contributed by atoms with Gasteiger partial charge >= 0.3 is 0 Å². The quantitative estimate of drug-likeness (QED) is 0.855. The van der Waals surface area contributed by atoms with Gasteiger partial charge in [0, 0.05) is 36.7 Å². The number of benzene rings is 1. The molecule has 1 aromatic carbocycles. The van der Waals surface area contributed by atoms with Crippen LogP contribution in [0, 0.1) is 0 Å². The van der Waals surface area contributed by atoms with Crippen LogP contribution >= 0.6 is 23.2 Å². The van der Waals surface area contributed by atoms with E-state index in [0.29, 0.717) is 15.8 Å². The third kappa shape index (κ3) is 4.87. The molecule has 1 aromatic rings. The summed E-state index contributed by atoms with van der Waals surface area (Å²) in [7, 11) is 2.07. The fourth-order valence-corrected chi connectivity index (χ4v) is 2.48. The molecule has 0 unspecified atom stereocenters. The SMILES string of the molecule is C[C@@H](Oc1ccc(Cl)cc1Cl)C(=O)NN=C1CCN(C)CC1. The van der Waals surface area contributed by atoms with Gasteiger partial charge in [-0.25, -0.2) is 5.43 Å². The van der Waals surface area contributed by atoms with E-state index in [1.165, 1.54) is 0 Å². The Morgan fingerprint density at radius 3 is 2.68 bits per heavy atom. The molecule has 1 atom stereocenters. The van der Waals surface area contributed by atoms with Gasteiger partial charge < -0.3 is 9.64 Å². The maximum absolute atomic E-state index is 12.0. The second-order valence-electron chi connectivity index (χ2n) is 5.29. The fraction of sp³-hybridized carbons (Fsp3) is 0.467.